The first-order valence-electron chi connectivity index (χ1n) is 8.77. The monoisotopic (exact) mass is 346 g/mol. The van der Waals surface area contributed by atoms with Crippen LogP contribution in [0.3, 0.4) is 0 Å². The van der Waals surface area contributed by atoms with Crippen LogP contribution in [0.2, 0.25) is 0 Å². The van der Waals surface area contributed by atoms with Gasteiger partial charge in [0.25, 0.3) is 0 Å². The Morgan fingerprint density at radius 1 is 1.12 bits per heavy atom. The van der Waals surface area contributed by atoms with E-state index < -0.39 is 29.4 Å². The topological polar surface area (TPSA) is 63.6 Å². The van der Waals surface area contributed by atoms with Gasteiger partial charge in [-0.05, 0) is 45.1 Å². The molecule has 0 saturated carbocycles. The largest absolute Gasteiger partial charge is 0.481 e. The molecule has 25 heavy (non-hydrogen) atoms. The van der Waals surface area contributed by atoms with E-state index >= 15 is 0 Å². The number of ether oxygens (including phenoxy) is 1. The minimum Gasteiger partial charge on any atom is -0.481 e. The predicted octanol–water partition coefficient (Wildman–Crippen LogP) is 4.79. The van der Waals surface area contributed by atoms with Gasteiger partial charge in [-0.15, -0.1) is 0 Å². The van der Waals surface area contributed by atoms with Crippen molar-refractivity contribution in [2.45, 2.75) is 53.1 Å². The molecule has 0 amide bonds. The van der Waals surface area contributed by atoms with Crippen LogP contribution in [0.4, 0.5) is 0 Å². The average molecular weight is 346 g/mol. The van der Waals surface area contributed by atoms with Gasteiger partial charge in [-0.1, -0.05) is 56.3 Å². The third-order valence-corrected chi connectivity index (χ3v) is 3.74. The maximum atomic E-state index is 12.6. The molecule has 2 unspecified atom stereocenters. The third kappa shape index (κ3) is 8.01. The Kier molecular flexibility index (Phi) is 7.88. The van der Waals surface area contributed by atoms with E-state index in [4.69, 9.17) is 4.74 Å². The van der Waals surface area contributed by atoms with Crippen LogP contribution in [0.25, 0.3) is 6.08 Å². The normalized spacial score (nSPS) is 14.5. The fourth-order valence-corrected chi connectivity index (χ4v) is 2.66. The molecule has 1 aromatic carbocycles. The molecule has 0 aliphatic heterocycles. The second-order valence-corrected chi connectivity index (χ2v) is 7.76. The predicted molar refractivity (Wildman–Crippen MR) is 100 cm³/mol. The summed E-state index contributed by atoms with van der Waals surface area (Å²) in [5.74, 6) is -2.66. The number of hydrogen-bond acceptors (Lipinski definition) is 3. The zero-order valence-electron chi connectivity index (χ0n) is 15.9. The Bertz CT molecular complexity index is 582. The molecule has 0 aliphatic carbocycles. The van der Waals surface area contributed by atoms with E-state index in [9.17, 15) is 14.7 Å². The third-order valence-electron chi connectivity index (χ3n) is 3.74. The molecule has 0 fully saturated rings. The van der Waals surface area contributed by atoms with Crippen LogP contribution in [0, 0.1) is 17.8 Å². The fourth-order valence-electron chi connectivity index (χ4n) is 2.66. The summed E-state index contributed by atoms with van der Waals surface area (Å²) in [5, 5.41) is 9.62. The number of carboxylic acid groups (broad SMARTS) is 1. The van der Waals surface area contributed by atoms with Gasteiger partial charge in [0.05, 0.1) is 11.8 Å². The van der Waals surface area contributed by atoms with Crippen molar-refractivity contribution < 1.29 is 19.4 Å². The molecule has 1 aromatic rings. The number of hydrogen-bond donors (Lipinski definition) is 1. The van der Waals surface area contributed by atoms with Crippen molar-refractivity contribution >= 4 is 18.0 Å². The molecule has 0 bridgehead atoms. The van der Waals surface area contributed by atoms with E-state index in [1.165, 1.54) is 0 Å². The summed E-state index contributed by atoms with van der Waals surface area (Å²) in [7, 11) is 0. The number of allylic oxidation sites excluding steroid dienone is 1. The van der Waals surface area contributed by atoms with Gasteiger partial charge in [-0.2, -0.15) is 0 Å². The van der Waals surface area contributed by atoms with Crippen LogP contribution in [-0.4, -0.2) is 22.6 Å². The molecule has 2 atom stereocenters. The lowest BCUT2D eigenvalue weighted by atomic mass is 9.83. The first-order chi connectivity index (χ1) is 11.6. The highest BCUT2D eigenvalue weighted by Crippen LogP contribution is 2.27. The second-order valence-electron chi connectivity index (χ2n) is 7.76. The summed E-state index contributed by atoms with van der Waals surface area (Å²) >= 11 is 0. The van der Waals surface area contributed by atoms with Gasteiger partial charge in [0, 0.05) is 0 Å². The first kappa shape index (κ1) is 20.9. The molecular formula is C21H30O4. The lowest BCUT2D eigenvalue weighted by molar-refractivity contribution is -0.167. The van der Waals surface area contributed by atoms with E-state index in [1.807, 2.05) is 56.3 Å². The molecule has 138 valence electrons. The summed E-state index contributed by atoms with van der Waals surface area (Å²) in [6.45, 7) is 9.30. The highest BCUT2D eigenvalue weighted by atomic mass is 16.6. The maximum Gasteiger partial charge on any atom is 0.310 e. The standard InChI is InChI=1S/C21H30O4/c1-15(2)14-18(19(22)23)17(20(24)25-21(3,4)5)13-9-12-16-10-7-6-8-11-16/h6-12,15,17-18H,13-14H2,1-5H3,(H,22,23)/b12-9-. The van der Waals surface area contributed by atoms with Crippen LogP contribution >= 0.6 is 0 Å². The molecule has 4 heteroatoms. The highest BCUT2D eigenvalue weighted by Gasteiger charge is 2.36. The number of carboxylic acids is 1. The maximum absolute atomic E-state index is 12.6. The van der Waals surface area contributed by atoms with Gasteiger partial charge in [-0.25, -0.2) is 0 Å². The average Bonchev–Trinajstić information content (AvgIpc) is 2.48. The van der Waals surface area contributed by atoms with E-state index in [1.54, 1.807) is 20.8 Å². The SMILES string of the molecule is CC(C)CC(C(=O)O)C(C/C=C\c1ccccc1)C(=O)OC(C)(C)C. The summed E-state index contributed by atoms with van der Waals surface area (Å²) < 4.78 is 5.48. The molecule has 0 radical (unpaired) electrons. The molecule has 0 saturated heterocycles. The van der Waals surface area contributed by atoms with Crippen LogP contribution < -0.4 is 0 Å². The lowest BCUT2D eigenvalue weighted by Gasteiger charge is -2.27. The summed E-state index contributed by atoms with van der Waals surface area (Å²) in [4.78, 5) is 24.4. The summed E-state index contributed by atoms with van der Waals surface area (Å²) in [6.07, 6.45) is 4.55. The van der Waals surface area contributed by atoms with Crippen LogP contribution in [0.15, 0.2) is 36.4 Å². The Balaban J connectivity index is 2.98. The molecular weight excluding hydrogens is 316 g/mol. The first-order valence-corrected chi connectivity index (χ1v) is 8.77. The minimum atomic E-state index is -0.947. The molecule has 1 rings (SSSR count). The quantitative estimate of drug-likeness (QED) is 0.687. The second kappa shape index (κ2) is 9.40. The number of carbonyl (C=O) groups is 2. The Labute approximate surface area is 150 Å². The number of rotatable bonds is 8. The van der Waals surface area contributed by atoms with Crippen molar-refractivity contribution in [3.05, 3.63) is 42.0 Å². The van der Waals surface area contributed by atoms with Crippen molar-refractivity contribution in [3.8, 4) is 0 Å². The van der Waals surface area contributed by atoms with Crippen molar-refractivity contribution in [1.29, 1.82) is 0 Å². The molecule has 4 nitrogen and oxygen atoms in total. The molecule has 1 N–H and O–H groups in total. The van der Waals surface area contributed by atoms with E-state index in [-0.39, 0.29) is 5.92 Å². The fraction of sp³-hybridized carbons (Fsp3) is 0.524. The van der Waals surface area contributed by atoms with Crippen LogP contribution in [-0.2, 0) is 14.3 Å². The Morgan fingerprint density at radius 2 is 1.72 bits per heavy atom. The van der Waals surface area contributed by atoms with Crippen molar-refractivity contribution in [2.75, 3.05) is 0 Å². The van der Waals surface area contributed by atoms with Crippen LogP contribution in [0.1, 0.15) is 53.0 Å². The lowest BCUT2D eigenvalue weighted by Crippen LogP contribution is -2.36. The molecule has 0 aromatic heterocycles. The summed E-state index contributed by atoms with van der Waals surface area (Å²) in [6, 6.07) is 9.72. The number of aliphatic carboxylic acids is 1. The van der Waals surface area contributed by atoms with Crippen molar-refractivity contribution in [2.24, 2.45) is 17.8 Å². The zero-order valence-corrected chi connectivity index (χ0v) is 15.9. The van der Waals surface area contributed by atoms with Crippen LogP contribution in [0.5, 0.6) is 0 Å². The van der Waals surface area contributed by atoms with E-state index in [0.29, 0.717) is 12.8 Å². The van der Waals surface area contributed by atoms with Gasteiger partial charge < -0.3 is 9.84 Å². The smallest absolute Gasteiger partial charge is 0.310 e. The Hall–Kier alpha value is -2.10. The summed E-state index contributed by atoms with van der Waals surface area (Å²) in [5.41, 5.74) is 0.375. The zero-order chi connectivity index (χ0) is 19.0. The minimum absolute atomic E-state index is 0.184. The number of esters is 1. The molecule has 0 heterocycles. The highest BCUT2D eigenvalue weighted by molar-refractivity contribution is 5.81. The van der Waals surface area contributed by atoms with E-state index in [0.717, 1.165) is 5.56 Å². The molecule has 0 spiro atoms. The Morgan fingerprint density at radius 3 is 2.20 bits per heavy atom. The van der Waals surface area contributed by atoms with Crippen molar-refractivity contribution in [3.63, 3.8) is 0 Å². The van der Waals surface area contributed by atoms with Gasteiger partial charge in [0.2, 0.25) is 0 Å². The molecule has 0 aliphatic rings. The van der Waals surface area contributed by atoms with Gasteiger partial charge in [0.1, 0.15) is 5.60 Å². The van der Waals surface area contributed by atoms with Gasteiger partial charge in [0.15, 0.2) is 0 Å². The van der Waals surface area contributed by atoms with E-state index in [2.05, 4.69) is 0 Å². The van der Waals surface area contributed by atoms with Gasteiger partial charge in [-0.3, -0.25) is 9.59 Å². The van der Waals surface area contributed by atoms with Gasteiger partial charge >= 0.3 is 11.9 Å². The number of benzene rings is 1. The number of carbonyl (C=O) groups excluding carboxylic acids is 1. The van der Waals surface area contributed by atoms with Crippen molar-refractivity contribution in [1.82, 2.24) is 0 Å².